The van der Waals surface area contributed by atoms with Crippen molar-refractivity contribution in [3.05, 3.63) is 88.7 Å². The number of imidazole rings is 1. The SMILES string of the molecule is C=C(CC)Cc1ccn2c(C)c(CCc3ccc4cc(C)cnc4n3)nc2c1C=CC. The van der Waals surface area contributed by atoms with Gasteiger partial charge in [0, 0.05) is 34.7 Å². The van der Waals surface area contributed by atoms with Crippen molar-refractivity contribution in [2.24, 2.45) is 0 Å². The molecule has 0 saturated carbocycles. The standard InChI is InChI=1S/C27H30N4/c1-6-8-24-21(15-18(3)7-2)13-14-31-20(5)25(30-27(24)31)12-11-23-10-9-22-16-19(4)17-28-26(22)29-23/h6,8-10,13-14,16-17H,3,7,11-12,15H2,1-2,4-5H3. The minimum absolute atomic E-state index is 0.811. The highest BCUT2D eigenvalue weighted by atomic mass is 15.0. The summed E-state index contributed by atoms with van der Waals surface area (Å²) in [6.45, 7) is 12.6. The van der Waals surface area contributed by atoms with E-state index in [1.54, 1.807) is 0 Å². The number of hydrogen-bond acceptors (Lipinski definition) is 3. The van der Waals surface area contributed by atoms with Crippen molar-refractivity contribution in [1.29, 1.82) is 0 Å². The predicted molar refractivity (Wildman–Crippen MR) is 129 cm³/mol. The average molecular weight is 411 g/mol. The fourth-order valence-corrected chi connectivity index (χ4v) is 4.01. The zero-order chi connectivity index (χ0) is 22.0. The number of rotatable bonds is 7. The first kappa shape index (κ1) is 21.0. The van der Waals surface area contributed by atoms with Gasteiger partial charge < -0.3 is 4.40 Å². The molecule has 0 atom stereocenters. The Morgan fingerprint density at radius 1 is 1.13 bits per heavy atom. The monoisotopic (exact) mass is 410 g/mol. The van der Waals surface area contributed by atoms with Gasteiger partial charge in [0.05, 0.1) is 5.69 Å². The summed E-state index contributed by atoms with van der Waals surface area (Å²) in [6.07, 6.45) is 11.9. The molecule has 0 spiro atoms. The zero-order valence-corrected chi connectivity index (χ0v) is 18.9. The van der Waals surface area contributed by atoms with Crippen LogP contribution in [0, 0.1) is 13.8 Å². The van der Waals surface area contributed by atoms with Gasteiger partial charge in [-0.05, 0) is 81.8 Å². The number of aryl methyl sites for hydroxylation is 4. The molecular weight excluding hydrogens is 380 g/mol. The maximum atomic E-state index is 5.05. The number of nitrogens with zero attached hydrogens (tertiary/aromatic N) is 4. The van der Waals surface area contributed by atoms with E-state index in [2.05, 4.69) is 86.3 Å². The Morgan fingerprint density at radius 3 is 2.74 bits per heavy atom. The normalized spacial score (nSPS) is 11.7. The molecule has 0 aliphatic carbocycles. The van der Waals surface area contributed by atoms with Crippen molar-refractivity contribution in [1.82, 2.24) is 19.4 Å². The van der Waals surface area contributed by atoms with Crippen LogP contribution in [0.15, 0.2) is 54.9 Å². The van der Waals surface area contributed by atoms with Crippen LogP contribution >= 0.6 is 0 Å². The third-order valence-electron chi connectivity index (χ3n) is 5.89. The number of aromatic nitrogens is 4. The molecule has 0 bridgehead atoms. The quantitative estimate of drug-likeness (QED) is 0.340. The van der Waals surface area contributed by atoms with Gasteiger partial charge in [-0.3, -0.25) is 0 Å². The molecule has 4 nitrogen and oxygen atoms in total. The van der Waals surface area contributed by atoms with E-state index in [1.807, 2.05) is 6.20 Å². The summed E-state index contributed by atoms with van der Waals surface area (Å²) in [5.41, 5.74) is 10.1. The Balaban J connectivity index is 1.65. The molecule has 4 aromatic heterocycles. The second-order valence-corrected chi connectivity index (χ2v) is 8.23. The van der Waals surface area contributed by atoms with E-state index in [0.717, 1.165) is 59.3 Å². The molecule has 4 heterocycles. The van der Waals surface area contributed by atoms with Crippen LogP contribution in [-0.4, -0.2) is 19.4 Å². The van der Waals surface area contributed by atoms with E-state index in [0.29, 0.717) is 0 Å². The fourth-order valence-electron chi connectivity index (χ4n) is 4.01. The molecule has 31 heavy (non-hydrogen) atoms. The van der Waals surface area contributed by atoms with Crippen molar-refractivity contribution < 1.29 is 0 Å². The van der Waals surface area contributed by atoms with Crippen LogP contribution in [0.1, 0.15) is 54.0 Å². The highest BCUT2D eigenvalue weighted by Crippen LogP contribution is 2.24. The van der Waals surface area contributed by atoms with Crippen LogP contribution in [0.25, 0.3) is 22.8 Å². The summed E-state index contributed by atoms with van der Waals surface area (Å²) >= 11 is 0. The summed E-state index contributed by atoms with van der Waals surface area (Å²) in [7, 11) is 0. The summed E-state index contributed by atoms with van der Waals surface area (Å²) < 4.78 is 2.21. The van der Waals surface area contributed by atoms with Gasteiger partial charge in [-0.1, -0.05) is 31.2 Å². The van der Waals surface area contributed by atoms with Crippen LogP contribution in [0.2, 0.25) is 0 Å². The van der Waals surface area contributed by atoms with E-state index in [4.69, 9.17) is 9.97 Å². The molecule has 0 fully saturated rings. The second kappa shape index (κ2) is 8.84. The molecule has 0 aliphatic heterocycles. The van der Waals surface area contributed by atoms with Gasteiger partial charge in [0.2, 0.25) is 0 Å². The summed E-state index contributed by atoms with van der Waals surface area (Å²) in [4.78, 5) is 14.3. The van der Waals surface area contributed by atoms with Gasteiger partial charge in [-0.15, -0.1) is 0 Å². The molecule has 0 saturated heterocycles. The smallest absolute Gasteiger partial charge is 0.159 e. The second-order valence-electron chi connectivity index (χ2n) is 8.23. The third-order valence-corrected chi connectivity index (χ3v) is 5.89. The largest absolute Gasteiger partial charge is 0.304 e. The number of pyridine rings is 3. The van der Waals surface area contributed by atoms with Gasteiger partial charge in [-0.2, -0.15) is 0 Å². The molecule has 4 rings (SSSR count). The summed E-state index contributed by atoms with van der Waals surface area (Å²) in [5, 5.41) is 1.09. The van der Waals surface area contributed by atoms with Crippen molar-refractivity contribution in [3.63, 3.8) is 0 Å². The lowest BCUT2D eigenvalue weighted by Crippen LogP contribution is -1.98. The molecule has 0 amide bonds. The highest BCUT2D eigenvalue weighted by Gasteiger charge is 2.14. The van der Waals surface area contributed by atoms with Crippen molar-refractivity contribution >= 4 is 22.8 Å². The topological polar surface area (TPSA) is 43.1 Å². The first-order chi connectivity index (χ1) is 15.0. The molecule has 0 aromatic carbocycles. The third kappa shape index (κ3) is 4.29. The molecule has 4 aromatic rings. The van der Waals surface area contributed by atoms with Crippen molar-refractivity contribution in [2.45, 2.75) is 53.4 Å². The Kier molecular flexibility index (Phi) is 5.99. The van der Waals surface area contributed by atoms with Gasteiger partial charge in [0.15, 0.2) is 5.65 Å². The average Bonchev–Trinajstić information content (AvgIpc) is 3.09. The Labute approximate surface area is 184 Å². The van der Waals surface area contributed by atoms with Crippen LogP contribution in [0.3, 0.4) is 0 Å². The minimum Gasteiger partial charge on any atom is -0.304 e. The van der Waals surface area contributed by atoms with E-state index in [-0.39, 0.29) is 0 Å². The zero-order valence-electron chi connectivity index (χ0n) is 18.9. The van der Waals surface area contributed by atoms with E-state index >= 15 is 0 Å². The first-order valence-electron chi connectivity index (χ1n) is 11.0. The van der Waals surface area contributed by atoms with E-state index in [9.17, 15) is 0 Å². The highest BCUT2D eigenvalue weighted by molar-refractivity contribution is 5.75. The number of hydrogen-bond donors (Lipinski definition) is 0. The van der Waals surface area contributed by atoms with Crippen molar-refractivity contribution in [2.75, 3.05) is 0 Å². The van der Waals surface area contributed by atoms with E-state index in [1.165, 1.54) is 22.4 Å². The maximum absolute atomic E-state index is 5.05. The molecule has 0 radical (unpaired) electrons. The van der Waals surface area contributed by atoms with Crippen LogP contribution in [0.5, 0.6) is 0 Å². The lowest BCUT2D eigenvalue weighted by atomic mass is 10.0. The molecule has 0 N–H and O–H groups in total. The Morgan fingerprint density at radius 2 is 1.97 bits per heavy atom. The maximum Gasteiger partial charge on any atom is 0.159 e. The number of allylic oxidation sites excluding steroid dienone is 2. The first-order valence-corrected chi connectivity index (χ1v) is 11.0. The van der Waals surface area contributed by atoms with Gasteiger partial charge in [0.1, 0.15) is 5.65 Å². The Bertz CT molecular complexity index is 1290. The van der Waals surface area contributed by atoms with Crippen LogP contribution < -0.4 is 0 Å². The molecule has 158 valence electrons. The fraction of sp³-hybridized carbons (Fsp3) is 0.296. The van der Waals surface area contributed by atoms with Crippen LogP contribution in [0.4, 0.5) is 0 Å². The van der Waals surface area contributed by atoms with Gasteiger partial charge in [-0.25, -0.2) is 15.0 Å². The molecule has 4 heteroatoms. The minimum atomic E-state index is 0.811. The molecule has 0 aliphatic rings. The number of fused-ring (bicyclic) bond motifs is 2. The van der Waals surface area contributed by atoms with E-state index < -0.39 is 0 Å². The lowest BCUT2D eigenvalue weighted by molar-refractivity contribution is 0.882. The van der Waals surface area contributed by atoms with Crippen LogP contribution in [-0.2, 0) is 19.3 Å². The Hall–Kier alpha value is -3.27. The van der Waals surface area contributed by atoms with Gasteiger partial charge >= 0.3 is 0 Å². The lowest BCUT2D eigenvalue weighted by Gasteiger charge is -2.09. The summed E-state index contributed by atoms with van der Waals surface area (Å²) in [5.74, 6) is 0. The van der Waals surface area contributed by atoms with Gasteiger partial charge in [0.25, 0.3) is 0 Å². The predicted octanol–water partition coefficient (Wildman–Crippen LogP) is 6.22. The molecule has 0 unspecified atom stereocenters. The summed E-state index contributed by atoms with van der Waals surface area (Å²) in [6, 6.07) is 8.55. The van der Waals surface area contributed by atoms with Crippen molar-refractivity contribution in [3.8, 4) is 0 Å². The molecular formula is C27H30N4.